The number of hydrogen-bond donors (Lipinski definition) is 1. The van der Waals surface area contributed by atoms with Crippen LogP contribution in [0.2, 0.25) is 0 Å². The number of carbonyl (C=O) groups excluding carboxylic acids is 1. The van der Waals surface area contributed by atoms with E-state index in [0.29, 0.717) is 11.5 Å². The van der Waals surface area contributed by atoms with Gasteiger partial charge in [-0.2, -0.15) is 0 Å². The van der Waals surface area contributed by atoms with Crippen molar-refractivity contribution in [2.75, 3.05) is 6.61 Å². The first-order valence-corrected chi connectivity index (χ1v) is 6.34. The Kier molecular flexibility index (Phi) is 3.07. The molecule has 1 atom stereocenters. The summed E-state index contributed by atoms with van der Waals surface area (Å²) < 4.78 is 14.7. The molecule has 82 valence electrons. The standard InChI is InChI=1S/C11H14O3S/c1-2-14-11(12)10-6-8-4-3-5-9(8)7-15(10)13/h6-7,13H,2-5H2,1H3. The molecule has 0 aromatic carbocycles. The minimum Gasteiger partial charge on any atom is -0.462 e. The molecule has 1 unspecified atom stereocenters. The number of carbonyl (C=O) groups is 1. The van der Waals surface area contributed by atoms with E-state index in [4.69, 9.17) is 4.74 Å². The maximum absolute atomic E-state index is 11.5. The van der Waals surface area contributed by atoms with Crippen LogP contribution in [0.1, 0.15) is 26.2 Å². The van der Waals surface area contributed by atoms with Crippen LogP contribution in [0.25, 0.3) is 0 Å². The van der Waals surface area contributed by atoms with Gasteiger partial charge in [0.1, 0.15) is 4.91 Å². The molecular weight excluding hydrogens is 212 g/mol. The van der Waals surface area contributed by atoms with Gasteiger partial charge in [0.15, 0.2) is 0 Å². The fraction of sp³-hybridized carbons (Fsp3) is 0.455. The highest BCUT2D eigenvalue weighted by Gasteiger charge is 2.22. The van der Waals surface area contributed by atoms with E-state index >= 15 is 0 Å². The van der Waals surface area contributed by atoms with Crippen molar-refractivity contribution in [3.8, 4) is 0 Å². The molecule has 0 aromatic heterocycles. The highest BCUT2D eigenvalue weighted by molar-refractivity contribution is 8.14. The third kappa shape index (κ3) is 2.06. The maximum Gasteiger partial charge on any atom is 0.346 e. The SMILES string of the molecule is CCOC(=O)C1=CC2=C(C=S1O)CCC2. The molecule has 2 rings (SSSR count). The zero-order valence-electron chi connectivity index (χ0n) is 8.66. The van der Waals surface area contributed by atoms with Crippen molar-refractivity contribution in [3.05, 3.63) is 22.1 Å². The molecule has 0 spiro atoms. The number of esters is 1. The number of ether oxygens (including phenoxy) is 1. The Labute approximate surface area is 91.6 Å². The lowest BCUT2D eigenvalue weighted by molar-refractivity contribution is -0.137. The van der Waals surface area contributed by atoms with Crippen LogP contribution in [0.3, 0.4) is 0 Å². The monoisotopic (exact) mass is 226 g/mol. The van der Waals surface area contributed by atoms with Gasteiger partial charge >= 0.3 is 5.97 Å². The van der Waals surface area contributed by atoms with Crippen molar-refractivity contribution in [1.29, 1.82) is 0 Å². The van der Waals surface area contributed by atoms with Gasteiger partial charge in [0.05, 0.1) is 6.61 Å². The van der Waals surface area contributed by atoms with Crippen LogP contribution in [-0.4, -0.2) is 22.5 Å². The van der Waals surface area contributed by atoms with E-state index in [1.807, 2.05) is 6.08 Å². The predicted molar refractivity (Wildman–Crippen MR) is 61.9 cm³/mol. The first kappa shape index (κ1) is 10.6. The molecule has 4 heteroatoms. The zero-order valence-corrected chi connectivity index (χ0v) is 9.47. The van der Waals surface area contributed by atoms with Gasteiger partial charge in [0.2, 0.25) is 0 Å². The molecule has 0 radical (unpaired) electrons. The Bertz CT molecular complexity index is 391. The second kappa shape index (κ2) is 4.33. The summed E-state index contributed by atoms with van der Waals surface area (Å²) in [5.41, 5.74) is 2.39. The number of rotatable bonds is 2. The lowest BCUT2D eigenvalue weighted by Gasteiger charge is -2.12. The van der Waals surface area contributed by atoms with Crippen molar-refractivity contribution in [3.63, 3.8) is 0 Å². The topological polar surface area (TPSA) is 46.5 Å². The molecule has 1 heterocycles. The van der Waals surface area contributed by atoms with E-state index < -0.39 is 16.7 Å². The molecule has 0 amide bonds. The van der Waals surface area contributed by atoms with Crippen molar-refractivity contribution in [2.24, 2.45) is 0 Å². The number of hydrogen-bond acceptors (Lipinski definition) is 3. The third-order valence-electron chi connectivity index (χ3n) is 2.57. The van der Waals surface area contributed by atoms with E-state index in [1.54, 1.807) is 12.3 Å². The van der Waals surface area contributed by atoms with Gasteiger partial charge < -0.3 is 9.29 Å². The minimum absolute atomic E-state index is 0.347. The molecule has 0 saturated carbocycles. The summed E-state index contributed by atoms with van der Waals surface area (Å²) in [5, 5.41) is 1.80. The fourth-order valence-corrected chi connectivity index (χ4v) is 3.01. The lowest BCUT2D eigenvalue weighted by atomic mass is 10.1. The van der Waals surface area contributed by atoms with Crippen molar-refractivity contribution in [1.82, 2.24) is 0 Å². The summed E-state index contributed by atoms with van der Waals surface area (Å²) in [6.45, 7) is 2.11. The average molecular weight is 226 g/mol. The Morgan fingerprint density at radius 2 is 2.27 bits per heavy atom. The van der Waals surface area contributed by atoms with Crippen LogP contribution in [0.4, 0.5) is 0 Å². The molecule has 1 aliphatic carbocycles. The van der Waals surface area contributed by atoms with Crippen LogP contribution in [0.15, 0.2) is 22.1 Å². The first-order chi connectivity index (χ1) is 7.22. The largest absolute Gasteiger partial charge is 0.462 e. The van der Waals surface area contributed by atoms with E-state index in [1.165, 1.54) is 11.1 Å². The van der Waals surface area contributed by atoms with Crippen molar-refractivity contribution >= 4 is 22.1 Å². The van der Waals surface area contributed by atoms with Gasteiger partial charge in [-0.25, -0.2) is 4.79 Å². The van der Waals surface area contributed by atoms with Crippen molar-refractivity contribution in [2.45, 2.75) is 26.2 Å². The third-order valence-corrected chi connectivity index (χ3v) is 3.81. The fourth-order valence-electron chi connectivity index (χ4n) is 1.85. The quantitative estimate of drug-likeness (QED) is 0.581. The molecule has 1 aliphatic heterocycles. The molecule has 2 aliphatic rings. The van der Waals surface area contributed by atoms with Gasteiger partial charge in [-0.15, -0.1) is 0 Å². The van der Waals surface area contributed by atoms with Crippen LogP contribution >= 0.6 is 10.8 Å². The first-order valence-electron chi connectivity index (χ1n) is 5.10. The second-order valence-corrected chi connectivity index (χ2v) is 4.87. The molecule has 0 aromatic rings. The molecule has 0 fully saturated rings. The number of allylic oxidation sites excluding steroid dienone is 3. The molecular formula is C11H14O3S. The molecule has 0 bridgehead atoms. The summed E-state index contributed by atoms with van der Waals surface area (Å²) >= 11 is 0. The van der Waals surface area contributed by atoms with Gasteiger partial charge in [-0.1, -0.05) is 0 Å². The van der Waals surface area contributed by atoms with Crippen molar-refractivity contribution < 1.29 is 14.1 Å². The summed E-state index contributed by atoms with van der Waals surface area (Å²) in [6, 6.07) is 0. The maximum atomic E-state index is 11.5. The van der Waals surface area contributed by atoms with Crippen LogP contribution < -0.4 is 0 Å². The van der Waals surface area contributed by atoms with Crippen LogP contribution in [0.5, 0.6) is 0 Å². The Hall–Kier alpha value is -0.870. The normalized spacial score (nSPS) is 24.4. The average Bonchev–Trinajstić information content (AvgIpc) is 2.63. The predicted octanol–water partition coefficient (Wildman–Crippen LogP) is 2.47. The van der Waals surface area contributed by atoms with Crippen LogP contribution in [0, 0.1) is 0 Å². The van der Waals surface area contributed by atoms with E-state index in [-0.39, 0.29) is 0 Å². The Balaban J connectivity index is 2.27. The van der Waals surface area contributed by atoms with Gasteiger partial charge in [0, 0.05) is 0 Å². The Morgan fingerprint density at radius 1 is 1.53 bits per heavy atom. The van der Waals surface area contributed by atoms with Gasteiger partial charge in [-0.3, -0.25) is 0 Å². The zero-order chi connectivity index (χ0) is 10.8. The highest BCUT2D eigenvalue weighted by atomic mass is 32.2. The Morgan fingerprint density at radius 3 is 3.00 bits per heavy atom. The lowest BCUT2D eigenvalue weighted by Crippen LogP contribution is -2.09. The molecule has 0 saturated heterocycles. The van der Waals surface area contributed by atoms with E-state index in [2.05, 4.69) is 0 Å². The minimum atomic E-state index is -1.07. The van der Waals surface area contributed by atoms with E-state index in [9.17, 15) is 9.35 Å². The summed E-state index contributed by atoms with van der Waals surface area (Å²) in [4.78, 5) is 11.9. The summed E-state index contributed by atoms with van der Waals surface area (Å²) in [6.07, 6.45) is 4.95. The van der Waals surface area contributed by atoms with Gasteiger partial charge in [-0.05, 0) is 59.5 Å². The van der Waals surface area contributed by atoms with Gasteiger partial charge in [0.25, 0.3) is 0 Å². The second-order valence-electron chi connectivity index (χ2n) is 3.57. The summed E-state index contributed by atoms with van der Waals surface area (Å²) in [7, 11) is -1.07. The highest BCUT2D eigenvalue weighted by Crippen LogP contribution is 2.36. The smallest absolute Gasteiger partial charge is 0.346 e. The summed E-state index contributed by atoms with van der Waals surface area (Å²) in [5.74, 6) is -0.391. The molecule has 3 nitrogen and oxygen atoms in total. The molecule has 1 N–H and O–H groups in total. The van der Waals surface area contributed by atoms with Crippen LogP contribution in [-0.2, 0) is 9.53 Å². The molecule has 15 heavy (non-hydrogen) atoms. The van der Waals surface area contributed by atoms with E-state index in [0.717, 1.165) is 19.3 Å².